The van der Waals surface area contributed by atoms with Crippen LogP contribution < -0.4 is 19.1 Å². The summed E-state index contributed by atoms with van der Waals surface area (Å²) in [5, 5.41) is 2.79. The number of anilines is 1. The molecule has 4 rings (SSSR count). The first kappa shape index (κ1) is 23.6. The summed E-state index contributed by atoms with van der Waals surface area (Å²) in [7, 11) is -4.20. The zero-order chi connectivity index (χ0) is 24.3. The number of nitrogens with one attached hydrogen (secondary N) is 1. The summed E-state index contributed by atoms with van der Waals surface area (Å²) in [6.45, 7) is 3.92. The Hall–Kier alpha value is -3.59. The lowest BCUT2D eigenvalue weighted by Crippen LogP contribution is -2.42. The Labute approximate surface area is 198 Å². The number of amides is 1. The fourth-order valence-corrected chi connectivity index (χ4v) is 5.05. The summed E-state index contributed by atoms with van der Waals surface area (Å²) in [4.78, 5) is 12.9. The Morgan fingerprint density at radius 1 is 1.03 bits per heavy atom. The largest absolute Gasteiger partial charge is 0.486 e. The average Bonchev–Trinajstić information content (AvgIpc) is 2.83. The molecule has 0 aliphatic carbocycles. The molecular formula is C25H25FN2O5S. The highest BCUT2D eigenvalue weighted by Crippen LogP contribution is 2.32. The first-order chi connectivity index (χ1) is 16.3. The molecular weight excluding hydrogens is 459 g/mol. The van der Waals surface area contributed by atoms with Crippen LogP contribution in [0, 0.1) is 12.7 Å². The molecule has 3 aromatic carbocycles. The highest BCUT2D eigenvalue weighted by atomic mass is 32.2. The van der Waals surface area contributed by atoms with Crippen molar-refractivity contribution in [3.63, 3.8) is 0 Å². The monoisotopic (exact) mass is 484 g/mol. The molecule has 1 N–H and O–H groups in total. The van der Waals surface area contributed by atoms with Crippen LogP contribution in [0.25, 0.3) is 0 Å². The summed E-state index contributed by atoms with van der Waals surface area (Å²) in [5.41, 5.74) is 1.43. The minimum absolute atomic E-state index is 0.0333. The lowest BCUT2D eigenvalue weighted by molar-refractivity contribution is -0.120. The number of benzene rings is 3. The number of hydrogen-bond acceptors (Lipinski definition) is 5. The molecule has 0 aromatic heterocycles. The summed E-state index contributed by atoms with van der Waals surface area (Å²) < 4.78 is 53.3. The van der Waals surface area contributed by atoms with E-state index in [2.05, 4.69) is 5.32 Å². The van der Waals surface area contributed by atoms with Gasteiger partial charge in [0.2, 0.25) is 5.91 Å². The quantitative estimate of drug-likeness (QED) is 0.549. The van der Waals surface area contributed by atoms with Gasteiger partial charge in [0, 0.05) is 0 Å². The average molecular weight is 485 g/mol. The first-order valence-electron chi connectivity index (χ1n) is 10.8. The first-order valence-corrected chi connectivity index (χ1v) is 12.2. The number of aryl methyl sites for hydroxylation is 1. The molecule has 1 heterocycles. The van der Waals surface area contributed by atoms with Crippen molar-refractivity contribution in [2.75, 3.05) is 24.1 Å². The minimum atomic E-state index is -4.20. The topological polar surface area (TPSA) is 84.9 Å². The summed E-state index contributed by atoms with van der Waals surface area (Å²) in [5.74, 6) is -0.115. The number of nitrogens with zero attached hydrogens (tertiary/aromatic N) is 1. The predicted molar refractivity (Wildman–Crippen MR) is 126 cm³/mol. The lowest BCUT2D eigenvalue weighted by Gasteiger charge is -2.26. The summed E-state index contributed by atoms with van der Waals surface area (Å²) in [6.07, 6.45) is 0. The second-order valence-electron chi connectivity index (χ2n) is 7.97. The fraction of sp³-hybridized carbons (Fsp3) is 0.240. The molecule has 3 aromatic rings. The van der Waals surface area contributed by atoms with Gasteiger partial charge in [0.15, 0.2) is 11.5 Å². The van der Waals surface area contributed by atoms with Gasteiger partial charge in [0.1, 0.15) is 25.6 Å². The molecule has 178 valence electrons. The molecule has 9 heteroatoms. The zero-order valence-electron chi connectivity index (χ0n) is 18.8. The standard InChI is InChI=1S/C25H25FN2O5S/c1-17-7-10-20(11-8-17)34(30,31)28(22-6-4-3-5-21(22)26)16-25(29)27-18(2)19-9-12-23-24(15-19)33-14-13-32-23/h3-12,15,18H,13-14,16H2,1-2H3,(H,27,29)/t18-/m0/s1. The van der Waals surface area contributed by atoms with Crippen LogP contribution >= 0.6 is 0 Å². The van der Waals surface area contributed by atoms with Crippen LogP contribution in [0.2, 0.25) is 0 Å². The van der Waals surface area contributed by atoms with Crippen LogP contribution in [0.1, 0.15) is 24.1 Å². The number of sulfonamides is 1. The van der Waals surface area contributed by atoms with Crippen molar-refractivity contribution in [3.8, 4) is 11.5 Å². The Morgan fingerprint density at radius 2 is 1.71 bits per heavy atom. The maximum atomic E-state index is 14.6. The Bertz CT molecular complexity index is 1290. The van der Waals surface area contributed by atoms with E-state index in [9.17, 15) is 17.6 Å². The predicted octanol–water partition coefficient (Wildman–Crippen LogP) is 3.98. The third kappa shape index (κ3) is 4.99. The molecule has 0 saturated carbocycles. The van der Waals surface area contributed by atoms with E-state index in [4.69, 9.17) is 9.47 Å². The van der Waals surface area contributed by atoms with E-state index in [1.165, 1.54) is 30.3 Å². The van der Waals surface area contributed by atoms with Crippen molar-refractivity contribution < 1.29 is 27.1 Å². The van der Waals surface area contributed by atoms with E-state index in [1.54, 1.807) is 37.3 Å². The lowest BCUT2D eigenvalue weighted by atomic mass is 10.1. The van der Waals surface area contributed by atoms with Gasteiger partial charge in [-0.15, -0.1) is 0 Å². The van der Waals surface area contributed by atoms with Crippen molar-refractivity contribution in [2.45, 2.75) is 24.8 Å². The van der Waals surface area contributed by atoms with Crippen molar-refractivity contribution in [3.05, 3.63) is 83.7 Å². The second kappa shape index (κ2) is 9.72. The van der Waals surface area contributed by atoms with Gasteiger partial charge >= 0.3 is 0 Å². The molecule has 1 amide bonds. The van der Waals surface area contributed by atoms with Crippen LogP contribution in [0.15, 0.2) is 71.6 Å². The van der Waals surface area contributed by atoms with E-state index >= 15 is 0 Å². The Kier molecular flexibility index (Phi) is 6.74. The molecule has 0 spiro atoms. The number of hydrogen-bond donors (Lipinski definition) is 1. The molecule has 0 bridgehead atoms. The number of halogens is 1. The molecule has 7 nitrogen and oxygen atoms in total. The van der Waals surface area contributed by atoms with Gasteiger partial charge in [-0.2, -0.15) is 0 Å². The second-order valence-corrected chi connectivity index (χ2v) is 9.83. The van der Waals surface area contributed by atoms with Crippen LogP contribution in [0.5, 0.6) is 11.5 Å². The van der Waals surface area contributed by atoms with Gasteiger partial charge in [0.25, 0.3) is 10.0 Å². The van der Waals surface area contributed by atoms with Gasteiger partial charge in [0.05, 0.1) is 16.6 Å². The molecule has 34 heavy (non-hydrogen) atoms. The summed E-state index contributed by atoms with van der Waals surface area (Å²) in [6, 6.07) is 16.5. The highest BCUT2D eigenvalue weighted by molar-refractivity contribution is 7.92. The molecule has 0 saturated heterocycles. The molecule has 1 aliphatic heterocycles. The fourth-order valence-electron chi connectivity index (χ4n) is 3.62. The number of ether oxygens (including phenoxy) is 2. The summed E-state index contributed by atoms with van der Waals surface area (Å²) >= 11 is 0. The maximum absolute atomic E-state index is 14.6. The van der Waals surface area contributed by atoms with Gasteiger partial charge in [-0.25, -0.2) is 12.8 Å². The third-order valence-electron chi connectivity index (χ3n) is 5.46. The van der Waals surface area contributed by atoms with E-state index in [0.29, 0.717) is 24.7 Å². The van der Waals surface area contributed by atoms with Gasteiger partial charge < -0.3 is 14.8 Å². The zero-order valence-corrected chi connectivity index (χ0v) is 19.6. The molecule has 0 radical (unpaired) electrons. The van der Waals surface area contributed by atoms with Crippen molar-refractivity contribution in [2.24, 2.45) is 0 Å². The van der Waals surface area contributed by atoms with E-state index in [0.717, 1.165) is 21.5 Å². The minimum Gasteiger partial charge on any atom is -0.486 e. The maximum Gasteiger partial charge on any atom is 0.264 e. The van der Waals surface area contributed by atoms with Crippen molar-refractivity contribution in [1.82, 2.24) is 5.32 Å². The molecule has 1 atom stereocenters. The Morgan fingerprint density at radius 3 is 2.41 bits per heavy atom. The number of para-hydroxylation sites is 1. The van der Waals surface area contributed by atoms with Crippen molar-refractivity contribution in [1.29, 1.82) is 0 Å². The Balaban J connectivity index is 1.58. The van der Waals surface area contributed by atoms with Crippen LogP contribution in [0.4, 0.5) is 10.1 Å². The molecule has 0 unspecified atom stereocenters. The molecule has 0 fully saturated rings. The normalized spacial score (nSPS) is 13.7. The number of fused-ring (bicyclic) bond motifs is 1. The van der Waals surface area contributed by atoms with E-state index in [-0.39, 0.29) is 10.6 Å². The van der Waals surface area contributed by atoms with Gasteiger partial charge in [-0.1, -0.05) is 35.9 Å². The van der Waals surface area contributed by atoms with Crippen molar-refractivity contribution >= 4 is 21.6 Å². The van der Waals surface area contributed by atoms with Crippen LogP contribution in [-0.2, 0) is 14.8 Å². The highest BCUT2D eigenvalue weighted by Gasteiger charge is 2.29. The van der Waals surface area contributed by atoms with Gasteiger partial charge in [-0.3, -0.25) is 9.10 Å². The number of rotatable bonds is 7. The van der Waals surface area contributed by atoms with E-state index < -0.39 is 34.3 Å². The third-order valence-corrected chi connectivity index (χ3v) is 7.24. The number of carbonyl (C=O) groups excluding carboxylic acids is 1. The van der Waals surface area contributed by atoms with Crippen LogP contribution in [0.3, 0.4) is 0 Å². The van der Waals surface area contributed by atoms with Gasteiger partial charge in [-0.05, 0) is 55.8 Å². The number of carbonyl (C=O) groups is 1. The van der Waals surface area contributed by atoms with Crippen LogP contribution in [-0.4, -0.2) is 34.1 Å². The molecule has 1 aliphatic rings. The van der Waals surface area contributed by atoms with E-state index in [1.807, 2.05) is 6.92 Å². The smallest absolute Gasteiger partial charge is 0.264 e. The SMILES string of the molecule is Cc1ccc(S(=O)(=O)N(CC(=O)N[C@@H](C)c2ccc3c(c2)OCCO3)c2ccccc2F)cc1.